The molecule has 0 bridgehead atoms. The molecule has 0 aliphatic carbocycles. The molecule has 1 aromatic carbocycles. The molecule has 6 nitrogen and oxygen atoms in total. The summed E-state index contributed by atoms with van der Waals surface area (Å²) >= 11 is 11.9. The van der Waals surface area contributed by atoms with Crippen molar-refractivity contribution < 1.29 is 14.0 Å². The second-order valence-corrected chi connectivity index (χ2v) is 6.73. The van der Waals surface area contributed by atoms with E-state index in [0.29, 0.717) is 15.8 Å². The highest BCUT2D eigenvalue weighted by Crippen LogP contribution is 2.28. The minimum atomic E-state index is -0.587. The lowest BCUT2D eigenvalue weighted by molar-refractivity contribution is -0.119. The Morgan fingerprint density at radius 1 is 1.16 bits per heavy atom. The van der Waals surface area contributed by atoms with Crippen LogP contribution in [0.2, 0.25) is 10.0 Å². The molecule has 0 unspecified atom stereocenters. The SMILES string of the molecule is CC(C)(NCC(=O)NC(=O)NCc1ccco1)c1ccc(Cl)c(Cl)c1. The summed E-state index contributed by atoms with van der Waals surface area (Å²) in [5.74, 6) is 0.145. The molecular weight excluding hydrogens is 365 g/mol. The predicted octanol–water partition coefficient (Wildman–Crippen LogP) is 3.44. The van der Waals surface area contributed by atoms with Crippen LogP contribution in [0.4, 0.5) is 4.79 Å². The van der Waals surface area contributed by atoms with Crippen LogP contribution in [0.15, 0.2) is 41.0 Å². The van der Waals surface area contributed by atoms with E-state index in [9.17, 15) is 9.59 Å². The van der Waals surface area contributed by atoms with E-state index < -0.39 is 17.5 Å². The standard InChI is InChI=1S/C17H19Cl2N3O3/c1-17(2,11-5-6-13(18)14(19)8-11)21-10-15(23)22-16(24)20-9-12-4-3-7-25-12/h3-8,21H,9-10H2,1-2H3,(H2,20,22,23,24). The number of nitrogens with one attached hydrogen (secondary N) is 3. The van der Waals surface area contributed by atoms with Crippen molar-refractivity contribution in [1.29, 1.82) is 0 Å². The Balaban J connectivity index is 1.81. The molecule has 25 heavy (non-hydrogen) atoms. The molecular formula is C17H19Cl2N3O3. The van der Waals surface area contributed by atoms with Gasteiger partial charge in [-0.1, -0.05) is 29.3 Å². The van der Waals surface area contributed by atoms with Crippen molar-refractivity contribution >= 4 is 35.1 Å². The van der Waals surface area contributed by atoms with E-state index >= 15 is 0 Å². The number of benzene rings is 1. The number of hydrogen-bond donors (Lipinski definition) is 3. The molecule has 0 aliphatic heterocycles. The molecule has 0 spiro atoms. The maximum absolute atomic E-state index is 11.9. The van der Waals surface area contributed by atoms with Gasteiger partial charge in [0.1, 0.15) is 5.76 Å². The molecule has 1 aromatic heterocycles. The lowest BCUT2D eigenvalue weighted by Crippen LogP contribution is -2.47. The van der Waals surface area contributed by atoms with Gasteiger partial charge < -0.3 is 9.73 Å². The van der Waals surface area contributed by atoms with E-state index in [4.69, 9.17) is 27.6 Å². The van der Waals surface area contributed by atoms with Crippen LogP contribution in [0.1, 0.15) is 25.2 Å². The van der Waals surface area contributed by atoms with E-state index in [-0.39, 0.29) is 13.1 Å². The number of carbonyl (C=O) groups is 2. The molecule has 3 N–H and O–H groups in total. The number of hydrogen-bond acceptors (Lipinski definition) is 4. The number of amides is 3. The minimum Gasteiger partial charge on any atom is -0.467 e. The molecule has 0 saturated carbocycles. The number of carbonyl (C=O) groups excluding carboxylic acids is 2. The largest absolute Gasteiger partial charge is 0.467 e. The molecule has 0 aliphatic rings. The summed E-state index contributed by atoms with van der Waals surface area (Å²) in [5.41, 5.74) is 0.341. The van der Waals surface area contributed by atoms with Gasteiger partial charge in [0.25, 0.3) is 0 Å². The summed E-state index contributed by atoms with van der Waals surface area (Å²) in [6.45, 7) is 3.96. The van der Waals surface area contributed by atoms with Crippen molar-refractivity contribution in [2.75, 3.05) is 6.54 Å². The maximum Gasteiger partial charge on any atom is 0.321 e. The Kier molecular flexibility index (Phi) is 6.47. The first-order valence-corrected chi connectivity index (χ1v) is 8.34. The third-order valence-corrected chi connectivity index (χ3v) is 4.33. The molecule has 8 heteroatoms. The van der Waals surface area contributed by atoms with Gasteiger partial charge in [0, 0.05) is 5.54 Å². The zero-order chi connectivity index (χ0) is 18.4. The van der Waals surface area contributed by atoms with Crippen molar-refractivity contribution in [2.45, 2.75) is 25.9 Å². The molecule has 0 radical (unpaired) electrons. The van der Waals surface area contributed by atoms with Crippen molar-refractivity contribution in [3.8, 4) is 0 Å². The maximum atomic E-state index is 11.9. The number of furan rings is 1. The Labute approximate surface area is 155 Å². The monoisotopic (exact) mass is 383 g/mol. The number of urea groups is 1. The number of rotatable bonds is 6. The van der Waals surface area contributed by atoms with Crippen LogP contribution >= 0.6 is 23.2 Å². The molecule has 2 rings (SSSR count). The van der Waals surface area contributed by atoms with Gasteiger partial charge in [-0.05, 0) is 43.7 Å². The Morgan fingerprint density at radius 3 is 2.56 bits per heavy atom. The van der Waals surface area contributed by atoms with Gasteiger partial charge in [-0.15, -0.1) is 0 Å². The fourth-order valence-electron chi connectivity index (χ4n) is 2.08. The highest BCUT2D eigenvalue weighted by molar-refractivity contribution is 6.42. The second kappa shape index (κ2) is 8.38. The molecule has 3 amide bonds. The predicted molar refractivity (Wildman–Crippen MR) is 96.6 cm³/mol. The third-order valence-electron chi connectivity index (χ3n) is 3.59. The summed E-state index contributed by atoms with van der Waals surface area (Å²) in [6, 6.07) is 8.12. The van der Waals surface area contributed by atoms with Gasteiger partial charge >= 0.3 is 6.03 Å². The summed E-state index contributed by atoms with van der Waals surface area (Å²) in [7, 11) is 0. The fraction of sp³-hybridized carbons (Fsp3) is 0.294. The molecule has 0 atom stereocenters. The smallest absolute Gasteiger partial charge is 0.321 e. The van der Waals surface area contributed by atoms with Crippen LogP contribution in [0.5, 0.6) is 0 Å². The highest BCUT2D eigenvalue weighted by Gasteiger charge is 2.22. The average Bonchev–Trinajstić information content (AvgIpc) is 3.07. The minimum absolute atomic E-state index is 0.0403. The molecule has 2 aromatic rings. The van der Waals surface area contributed by atoms with Crippen molar-refractivity contribution in [1.82, 2.24) is 16.0 Å². The van der Waals surface area contributed by atoms with Crippen molar-refractivity contribution in [2.24, 2.45) is 0 Å². The second-order valence-electron chi connectivity index (χ2n) is 5.92. The third kappa shape index (κ3) is 5.77. The average molecular weight is 384 g/mol. The van der Waals surface area contributed by atoms with Crippen LogP contribution in [0.25, 0.3) is 0 Å². The fourth-order valence-corrected chi connectivity index (χ4v) is 2.38. The van der Waals surface area contributed by atoms with Gasteiger partial charge in [-0.2, -0.15) is 0 Å². The Hall–Kier alpha value is -2.02. The van der Waals surface area contributed by atoms with Crippen LogP contribution in [-0.4, -0.2) is 18.5 Å². The zero-order valence-corrected chi connectivity index (χ0v) is 15.4. The quantitative estimate of drug-likeness (QED) is 0.713. The summed E-state index contributed by atoms with van der Waals surface area (Å²) in [4.78, 5) is 23.6. The van der Waals surface area contributed by atoms with Crippen LogP contribution < -0.4 is 16.0 Å². The van der Waals surface area contributed by atoms with E-state index in [1.807, 2.05) is 19.9 Å². The lowest BCUT2D eigenvalue weighted by atomic mass is 9.94. The van der Waals surface area contributed by atoms with E-state index in [1.54, 1.807) is 24.3 Å². The lowest BCUT2D eigenvalue weighted by Gasteiger charge is -2.27. The van der Waals surface area contributed by atoms with Gasteiger partial charge in [-0.25, -0.2) is 4.79 Å². The van der Waals surface area contributed by atoms with Crippen LogP contribution in [-0.2, 0) is 16.9 Å². The van der Waals surface area contributed by atoms with Crippen LogP contribution in [0.3, 0.4) is 0 Å². The molecule has 134 valence electrons. The molecule has 0 saturated heterocycles. The summed E-state index contributed by atoms with van der Waals surface area (Å²) in [5, 5.41) is 8.77. The van der Waals surface area contributed by atoms with Gasteiger partial charge in [0.2, 0.25) is 5.91 Å². The van der Waals surface area contributed by atoms with Crippen molar-refractivity contribution in [3.63, 3.8) is 0 Å². The van der Waals surface area contributed by atoms with Crippen LogP contribution in [0, 0.1) is 0 Å². The first kappa shape index (κ1) is 19.3. The number of imide groups is 1. The van der Waals surface area contributed by atoms with Gasteiger partial charge in [0.15, 0.2) is 0 Å². The van der Waals surface area contributed by atoms with E-state index in [2.05, 4.69) is 16.0 Å². The van der Waals surface area contributed by atoms with E-state index in [1.165, 1.54) is 6.26 Å². The topological polar surface area (TPSA) is 83.4 Å². The van der Waals surface area contributed by atoms with Gasteiger partial charge in [-0.3, -0.25) is 15.4 Å². The van der Waals surface area contributed by atoms with E-state index in [0.717, 1.165) is 5.56 Å². The zero-order valence-electron chi connectivity index (χ0n) is 13.9. The summed E-state index contributed by atoms with van der Waals surface area (Å²) in [6.07, 6.45) is 1.51. The van der Waals surface area contributed by atoms with Gasteiger partial charge in [0.05, 0.1) is 29.4 Å². The molecule has 0 fully saturated rings. The molecule has 1 heterocycles. The summed E-state index contributed by atoms with van der Waals surface area (Å²) < 4.78 is 5.09. The normalized spacial score (nSPS) is 11.2. The first-order valence-electron chi connectivity index (χ1n) is 7.58. The van der Waals surface area contributed by atoms with Crippen molar-refractivity contribution in [3.05, 3.63) is 58.0 Å². The Bertz CT molecular complexity index is 746. The highest BCUT2D eigenvalue weighted by atomic mass is 35.5. The first-order chi connectivity index (χ1) is 11.8. The Morgan fingerprint density at radius 2 is 1.92 bits per heavy atom. The number of halogens is 2.